The van der Waals surface area contributed by atoms with Gasteiger partial charge in [-0.1, -0.05) is 26.0 Å². The number of methoxy groups -OCH3 is 1. The first-order chi connectivity index (χ1) is 13.9. The van der Waals surface area contributed by atoms with Crippen LogP contribution >= 0.6 is 0 Å². The first-order valence-electron chi connectivity index (χ1n) is 10.2. The van der Waals surface area contributed by atoms with Gasteiger partial charge in [-0.2, -0.15) is 0 Å². The lowest BCUT2D eigenvalue weighted by molar-refractivity contribution is -0.139. The molecule has 0 spiro atoms. The number of piperidine rings is 1. The number of hydrogen-bond donors (Lipinski definition) is 2. The molecule has 0 aliphatic carbocycles. The molecule has 3 rings (SSSR count). The van der Waals surface area contributed by atoms with Crippen molar-refractivity contribution in [1.29, 1.82) is 0 Å². The van der Waals surface area contributed by atoms with Gasteiger partial charge < -0.3 is 20.1 Å². The van der Waals surface area contributed by atoms with Crippen molar-refractivity contribution in [2.45, 2.75) is 33.2 Å². The molecule has 7 nitrogen and oxygen atoms in total. The molecule has 29 heavy (non-hydrogen) atoms. The second kappa shape index (κ2) is 9.31. The Morgan fingerprint density at radius 1 is 1.17 bits per heavy atom. The summed E-state index contributed by atoms with van der Waals surface area (Å²) >= 11 is 0. The molecule has 2 heterocycles. The average molecular weight is 402 g/mol. The van der Waals surface area contributed by atoms with Crippen LogP contribution in [0.15, 0.2) is 35.5 Å². The highest BCUT2D eigenvalue weighted by molar-refractivity contribution is 5.95. The Bertz CT molecular complexity index is 765. The van der Waals surface area contributed by atoms with Gasteiger partial charge in [-0.05, 0) is 42.9 Å². The fraction of sp³-hybridized carbons (Fsp3) is 0.545. The van der Waals surface area contributed by atoms with Crippen molar-refractivity contribution >= 4 is 12.0 Å². The molecule has 0 aromatic heterocycles. The molecule has 158 valence electrons. The Morgan fingerprint density at radius 3 is 2.41 bits per heavy atom. The van der Waals surface area contributed by atoms with E-state index in [1.807, 2.05) is 24.3 Å². The van der Waals surface area contributed by atoms with Crippen LogP contribution in [0.4, 0.5) is 4.79 Å². The number of esters is 1. The number of benzene rings is 1. The monoisotopic (exact) mass is 401 g/mol. The third-order valence-corrected chi connectivity index (χ3v) is 5.42. The number of carbonyl (C=O) groups excluding carboxylic acids is 2. The molecule has 1 aromatic rings. The van der Waals surface area contributed by atoms with Crippen LogP contribution in [-0.2, 0) is 9.53 Å². The van der Waals surface area contributed by atoms with Crippen molar-refractivity contribution in [2.24, 2.45) is 11.8 Å². The highest BCUT2D eigenvalue weighted by Gasteiger charge is 2.35. The molecule has 2 amide bonds. The van der Waals surface area contributed by atoms with Gasteiger partial charge in [0, 0.05) is 25.3 Å². The Labute approximate surface area is 172 Å². The third kappa shape index (κ3) is 5.09. The number of urea groups is 1. The number of nitrogens with one attached hydrogen (secondary N) is 2. The molecule has 3 atom stereocenters. The highest BCUT2D eigenvalue weighted by Crippen LogP contribution is 2.30. The first kappa shape index (κ1) is 21.2. The van der Waals surface area contributed by atoms with Gasteiger partial charge in [-0.3, -0.25) is 4.90 Å². The lowest BCUT2D eigenvalue weighted by Gasteiger charge is -2.37. The van der Waals surface area contributed by atoms with Gasteiger partial charge in [0.1, 0.15) is 5.75 Å². The SMILES string of the molecule is CCOC(=O)C1=C(CN2C[C@H](C)C[C@@H](C)C2)NC(=O)N[C@H]1c1ccc(OC)cc1. The van der Waals surface area contributed by atoms with Gasteiger partial charge in [0.25, 0.3) is 0 Å². The highest BCUT2D eigenvalue weighted by atomic mass is 16.5. The smallest absolute Gasteiger partial charge is 0.338 e. The number of hydrogen-bond acceptors (Lipinski definition) is 5. The van der Waals surface area contributed by atoms with E-state index in [2.05, 4.69) is 29.4 Å². The second-order valence-corrected chi connectivity index (χ2v) is 8.06. The van der Waals surface area contributed by atoms with Gasteiger partial charge in [-0.25, -0.2) is 9.59 Å². The van der Waals surface area contributed by atoms with Crippen LogP contribution in [0.2, 0.25) is 0 Å². The zero-order valence-corrected chi connectivity index (χ0v) is 17.7. The van der Waals surface area contributed by atoms with Crippen LogP contribution in [-0.4, -0.2) is 50.3 Å². The summed E-state index contributed by atoms with van der Waals surface area (Å²) in [4.78, 5) is 27.6. The van der Waals surface area contributed by atoms with E-state index in [4.69, 9.17) is 9.47 Å². The van der Waals surface area contributed by atoms with Crippen molar-refractivity contribution in [3.63, 3.8) is 0 Å². The number of amides is 2. The summed E-state index contributed by atoms with van der Waals surface area (Å²) in [5.74, 6) is 1.47. The standard InChI is InChI=1S/C22H31N3O4/c1-5-29-21(26)19-18(13-25-11-14(2)10-15(3)12-25)23-22(27)24-20(19)16-6-8-17(28-4)9-7-16/h6-9,14-15,20H,5,10-13H2,1-4H3,(H2,23,24,27)/t14-,15-,20+/m1/s1. The van der Waals surface area contributed by atoms with Gasteiger partial charge in [0.15, 0.2) is 0 Å². The summed E-state index contributed by atoms with van der Waals surface area (Å²) in [6.45, 7) is 8.94. The fourth-order valence-corrected chi connectivity index (χ4v) is 4.38. The molecule has 1 aromatic carbocycles. The normalized spacial score (nSPS) is 25.2. The number of rotatable bonds is 6. The molecule has 0 bridgehead atoms. The second-order valence-electron chi connectivity index (χ2n) is 8.06. The summed E-state index contributed by atoms with van der Waals surface area (Å²) in [6, 6.07) is 6.48. The van der Waals surface area contributed by atoms with Crippen molar-refractivity contribution in [1.82, 2.24) is 15.5 Å². The molecule has 0 saturated carbocycles. The van der Waals surface area contributed by atoms with E-state index >= 15 is 0 Å². The summed E-state index contributed by atoms with van der Waals surface area (Å²) in [7, 11) is 1.60. The van der Waals surface area contributed by atoms with Crippen LogP contribution in [0.5, 0.6) is 5.75 Å². The Kier molecular flexibility index (Phi) is 6.79. The van der Waals surface area contributed by atoms with E-state index in [1.54, 1.807) is 14.0 Å². The zero-order valence-electron chi connectivity index (χ0n) is 17.7. The average Bonchev–Trinajstić information content (AvgIpc) is 2.67. The molecule has 0 unspecified atom stereocenters. The number of ether oxygens (including phenoxy) is 2. The minimum Gasteiger partial charge on any atom is -0.497 e. The first-order valence-corrected chi connectivity index (χ1v) is 10.2. The van der Waals surface area contributed by atoms with Crippen LogP contribution in [0, 0.1) is 11.8 Å². The topological polar surface area (TPSA) is 79.9 Å². The molecule has 7 heteroatoms. The maximum atomic E-state index is 12.9. The predicted molar refractivity (Wildman–Crippen MR) is 110 cm³/mol. The summed E-state index contributed by atoms with van der Waals surface area (Å²) in [5.41, 5.74) is 1.89. The molecular weight excluding hydrogens is 370 g/mol. The third-order valence-electron chi connectivity index (χ3n) is 5.42. The minimum atomic E-state index is -0.566. The van der Waals surface area contributed by atoms with E-state index in [0.717, 1.165) is 18.7 Å². The van der Waals surface area contributed by atoms with E-state index in [-0.39, 0.29) is 12.6 Å². The lowest BCUT2D eigenvalue weighted by atomic mass is 9.91. The fourth-order valence-electron chi connectivity index (χ4n) is 4.38. The van der Waals surface area contributed by atoms with Gasteiger partial charge in [0.2, 0.25) is 0 Å². The van der Waals surface area contributed by atoms with Crippen molar-refractivity contribution in [3.05, 3.63) is 41.1 Å². The van der Waals surface area contributed by atoms with Gasteiger partial charge >= 0.3 is 12.0 Å². The predicted octanol–water partition coefficient (Wildman–Crippen LogP) is 2.84. The van der Waals surface area contributed by atoms with E-state index < -0.39 is 12.0 Å². The van der Waals surface area contributed by atoms with E-state index in [9.17, 15) is 9.59 Å². The van der Waals surface area contributed by atoms with Crippen LogP contribution in [0.3, 0.4) is 0 Å². The molecule has 2 aliphatic heterocycles. The molecule has 0 radical (unpaired) electrons. The molecule has 2 aliphatic rings. The largest absolute Gasteiger partial charge is 0.497 e. The van der Waals surface area contributed by atoms with E-state index in [0.29, 0.717) is 35.4 Å². The number of nitrogens with zero attached hydrogens (tertiary/aromatic N) is 1. The number of carbonyl (C=O) groups is 2. The van der Waals surface area contributed by atoms with Gasteiger partial charge in [-0.15, -0.1) is 0 Å². The molecule has 1 saturated heterocycles. The van der Waals surface area contributed by atoms with Gasteiger partial charge in [0.05, 0.1) is 25.3 Å². The summed E-state index contributed by atoms with van der Waals surface area (Å²) < 4.78 is 10.6. The zero-order chi connectivity index (χ0) is 21.0. The minimum absolute atomic E-state index is 0.274. The summed E-state index contributed by atoms with van der Waals surface area (Å²) in [6.07, 6.45) is 1.20. The summed E-state index contributed by atoms with van der Waals surface area (Å²) in [5, 5.41) is 5.74. The van der Waals surface area contributed by atoms with Crippen LogP contribution < -0.4 is 15.4 Å². The Hall–Kier alpha value is -2.54. The maximum Gasteiger partial charge on any atom is 0.338 e. The molecule has 2 N–H and O–H groups in total. The lowest BCUT2D eigenvalue weighted by Crippen LogP contribution is -2.50. The van der Waals surface area contributed by atoms with Crippen LogP contribution in [0.1, 0.15) is 38.8 Å². The molecule has 1 fully saturated rings. The number of likely N-dealkylation sites (tertiary alicyclic amines) is 1. The molecular formula is C22H31N3O4. The Morgan fingerprint density at radius 2 is 1.83 bits per heavy atom. The van der Waals surface area contributed by atoms with E-state index in [1.165, 1.54) is 6.42 Å². The maximum absolute atomic E-state index is 12.9. The van der Waals surface area contributed by atoms with Crippen LogP contribution in [0.25, 0.3) is 0 Å². The quantitative estimate of drug-likeness (QED) is 0.717. The van der Waals surface area contributed by atoms with Crippen molar-refractivity contribution in [3.8, 4) is 5.75 Å². The van der Waals surface area contributed by atoms with Crippen molar-refractivity contribution in [2.75, 3.05) is 33.4 Å². The van der Waals surface area contributed by atoms with Crippen molar-refractivity contribution < 1.29 is 19.1 Å². The Balaban J connectivity index is 1.96.